The highest BCUT2D eigenvalue weighted by Gasteiger charge is 2.23. The van der Waals surface area contributed by atoms with E-state index < -0.39 is 5.60 Å². The topological polar surface area (TPSA) is 61.4 Å². The van der Waals surface area contributed by atoms with Crippen LogP contribution in [0, 0.1) is 5.92 Å². The van der Waals surface area contributed by atoms with Crippen molar-refractivity contribution in [3.63, 3.8) is 0 Å². The second-order valence-electron chi connectivity index (χ2n) is 4.22. The Balaban J connectivity index is 2.25. The van der Waals surface area contributed by atoms with Gasteiger partial charge in [0.15, 0.2) is 0 Å². The molecule has 0 aliphatic carbocycles. The van der Waals surface area contributed by atoms with Gasteiger partial charge in [-0.3, -0.25) is 4.79 Å². The number of hydrogen-bond donors (Lipinski definition) is 3. The van der Waals surface area contributed by atoms with Crippen molar-refractivity contribution in [1.29, 1.82) is 0 Å². The number of carbonyl (C=O) groups is 1. The minimum absolute atomic E-state index is 0.0483. The minimum Gasteiger partial charge on any atom is -0.389 e. The van der Waals surface area contributed by atoms with Gasteiger partial charge in [0.05, 0.1) is 11.5 Å². The summed E-state index contributed by atoms with van der Waals surface area (Å²) in [6, 6.07) is 0. The Bertz CT molecular complexity index is 181. The Labute approximate surface area is 78.7 Å². The zero-order valence-corrected chi connectivity index (χ0v) is 8.26. The number of aliphatic hydroxyl groups is 1. The number of amides is 1. The second kappa shape index (κ2) is 4.07. The summed E-state index contributed by atoms with van der Waals surface area (Å²) in [5.74, 6) is 0.134. The molecule has 76 valence electrons. The first-order chi connectivity index (χ1) is 5.99. The minimum atomic E-state index is -0.818. The summed E-state index contributed by atoms with van der Waals surface area (Å²) in [5.41, 5.74) is -0.818. The Kier molecular flexibility index (Phi) is 3.27. The summed E-state index contributed by atoms with van der Waals surface area (Å²) >= 11 is 0. The molecule has 0 aromatic rings. The lowest BCUT2D eigenvalue weighted by Crippen LogP contribution is -2.41. The van der Waals surface area contributed by atoms with Gasteiger partial charge in [-0.1, -0.05) is 0 Å². The molecular formula is C9H18N2O2. The quantitative estimate of drug-likeness (QED) is 0.556. The average molecular weight is 186 g/mol. The highest BCUT2D eigenvalue weighted by atomic mass is 16.3. The molecule has 0 radical (unpaired) electrons. The number of hydrogen-bond acceptors (Lipinski definition) is 3. The fraction of sp³-hybridized carbons (Fsp3) is 0.889. The van der Waals surface area contributed by atoms with Gasteiger partial charge in [-0.25, -0.2) is 0 Å². The molecule has 1 heterocycles. The molecular weight excluding hydrogens is 168 g/mol. The molecule has 1 amide bonds. The normalized spacial score (nSPS) is 23.2. The lowest BCUT2D eigenvalue weighted by atomic mass is 10.1. The maximum Gasteiger partial charge on any atom is 0.224 e. The highest BCUT2D eigenvalue weighted by Crippen LogP contribution is 2.07. The molecule has 1 rings (SSSR count). The summed E-state index contributed by atoms with van der Waals surface area (Å²) in [5, 5.41) is 15.2. The summed E-state index contributed by atoms with van der Waals surface area (Å²) in [6.07, 6.45) is 0.900. The monoisotopic (exact) mass is 186 g/mol. The van der Waals surface area contributed by atoms with Crippen LogP contribution in [0.15, 0.2) is 0 Å². The maximum absolute atomic E-state index is 11.4. The van der Waals surface area contributed by atoms with Crippen molar-refractivity contribution in [3.05, 3.63) is 0 Å². The Morgan fingerprint density at radius 2 is 2.38 bits per heavy atom. The van der Waals surface area contributed by atoms with Gasteiger partial charge in [0, 0.05) is 13.1 Å². The van der Waals surface area contributed by atoms with Crippen LogP contribution in [0.5, 0.6) is 0 Å². The van der Waals surface area contributed by atoms with Crippen molar-refractivity contribution >= 4 is 5.91 Å². The molecule has 4 heteroatoms. The van der Waals surface area contributed by atoms with E-state index in [1.165, 1.54) is 0 Å². The van der Waals surface area contributed by atoms with Crippen molar-refractivity contribution < 1.29 is 9.90 Å². The van der Waals surface area contributed by atoms with Crippen LogP contribution in [0.4, 0.5) is 0 Å². The summed E-state index contributed by atoms with van der Waals surface area (Å²) < 4.78 is 0. The van der Waals surface area contributed by atoms with Crippen molar-refractivity contribution in [1.82, 2.24) is 10.6 Å². The fourth-order valence-electron chi connectivity index (χ4n) is 1.33. The molecule has 13 heavy (non-hydrogen) atoms. The van der Waals surface area contributed by atoms with Crippen LogP contribution in [-0.2, 0) is 4.79 Å². The summed E-state index contributed by atoms with van der Waals surface area (Å²) in [6.45, 7) is 5.36. The van der Waals surface area contributed by atoms with E-state index in [1.54, 1.807) is 13.8 Å². The van der Waals surface area contributed by atoms with Gasteiger partial charge in [0.2, 0.25) is 5.91 Å². The molecule has 0 bridgehead atoms. The molecule has 0 aromatic carbocycles. The molecule has 1 fully saturated rings. The van der Waals surface area contributed by atoms with Gasteiger partial charge >= 0.3 is 0 Å². The fourth-order valence-corrected chi connectivity index (χ4v) is 1.33. The van der Waals surface area contributed by atoms with Crippen LogP contribution < -0.4 is 10.6 Å². The maximum atomic E-state index is 11.4. The van der Waals surface area contributed by atoms with E-state index in [2.05, 4.69) is 10.6 Å². The molecule has 1 aliphatic heterocycles. The highest BCUT2D eigenvalue weighted by molar-refractivity contribution is 5.79. The first-order valence-corrected chi connectivity index (χ1v) is 4.70. The Hall–Kier alpha value is -0.610. The van der Waals surface area contributed by atoms with Gasteiger partial charge in [0.25, 0.3) is 0 Å². The second-order valence-corrected chi connectivity index (χ2v) is 4.22. The van der Waals surface area contributed by atoms with Crippen LogP contribution in [0.25, 0.3) is 0 Å². The van der Waals surface area contributed by atoms with Crippen LogP contribution in [0.3, 0.4) is 0 Å². The largest absolute Gasteiger partial charge is 0.389 e. The van der Waals surface area contributed by atoms with Crippen molar-refractivity contribution in [2.75, 3.05) is 19.6 Å². The molecule has 1 atom stereocenters. The number of rotatable bonds is 3. The molecule has 1 aliphatic rings. The first kappa shape index (κ1) is 10.5. The Morgan fingerprint density at radius 3 is 2.85 bits per heavy atom. The average Bonchev–Trinajstić information content (AvgIpc) is 2.50. The standard InChI is InChI=1S/C9H18N2O2/c1-9(2,13)6-11-8(12)7-3-4-10-5-7/h7,10,13H,3-6H2,1-2H3,(H,11,12)/t7-/m0/s1. The van der Waals surface area contributed by atoms with Gasteiger partial charge in [-0.2, -0.15) is 0 Å². The van der Waals surface area contributed by atoms with E-state index in [-0.39, 0.29) is 11.8 Å². The molecule has 1 saturated heterocycles. The third kappa shape index (κ3) is 3.74. The van der Waals surface area contributed by atoms with Gasteiger partial charge in [-0.05, 0) is 26.8 Å². The number of carbonyl (C=O) groups excluding carboxylic acids is 1. The van der Waals surface area contributed by atoms with Gasteiger partial charge < -0.3 is 15.7 Å². The van der Waals surface area contributed by atoms with Crippen molar-refractivity contribution in [2.24, 2.45) is 5.92 Å². The van der Waals surface area contributed by atoms with E-state index in [9.17, 15) is 9.90 Å². The van der Waals surface area contributed by atoms with Crippen molar-refractivity contribution in [2.45, 2.75) is 25.9 Å². The Morgan fingerprint density at radius 1 is 1.69 bits per heavy atom. The molecule has 4 nitrogen and oxygen atoms in total. The molecule has 0 unspecified atom stereocenters. The van der Waals surface area contributed by atoms with Gasteiger partial charge in [0.1, 0.15) is 0 Å². The lowest BCUT2D eigenvalue weighted by molar-refractivity contribution is -0.125. The third-order valence-electron chi connectivity index (χ3n) is 2.13. The summed E-state index contributed by atoms with van der Waals surface area (Å²) in [4.78, 5) is 11.4. The third-order valence-corrected chi connectivity index (χ3v) is 2.13. The smallest absolute Gasteiger partial charge is 0.224 e. The van der Waals surface area contributed by atoms with Crippen LogP contribution in [0.1, 0.15) is 20.3 Å². The SMILES string of the molecule is CC(C)(O)CNC(=O)[C@H]1CCNC1. The van der Waals surface area contributed by atoms with E-state index in [4.69, 9.17) is 0 Å². The van der Waals surface area contributed by atoms with Crippen LogP contribution in [-0.4, -0.2) is 36.2 Å². The summed E-state index contributed by atoms with van der Waals surface area (Å²) in [7, 11) is 0. The molecule has 0 aromatic heterocycles. The van der Waals surface area contributed by atoms with E-state index in [1.807, 2.05) is 0 Å². The molecule has 3 N–H and O–H groups in total. The molecule has 0 spiro atoms. The predicted octanol–water partition coefficient (Wildman–Crippen LogP) is -0.517. The first-order valence-electron chi connectivity index (χ1n) is 4.70. The van der Waals surface area contributed by atoms with Crippen molar-refractivity contribution in [3.8, 4) is 0 Å². The molecule has 0 saturated carbocycles. The van der Waals surface area contributed by atoms with Crippen LogP contribution in [0.2, 0.25) is 0 Å². The number of nitrogens with one attached hydrogen (secondary N) is 2. The van der Waals surface area contributed by atoms with Gasteiger partial charge in [-0.15, -0.1) is 0 Å². The predicted molar refractivity (Wildman–Crippen MR) is 50.3 cm³/mol. The van der Waals surface area contributed by atoms with E-state index >= 15 is 0 Å². The van der Waals surface area contributed by atoms with Crippen LogP contribution >= 0.6 is 0 Å². The lowest BCUT2D eigenvalue weighted by Gasteiger charge is -2.19. The van der Waals surface area contributed by atoms with E-state index in [0.29, 0.717) is 6.54 Å². The van der Waals surface area contributed by atoms with E-state index in [0.717, 1.165) is 19.5 Å². The zero-order valence-electron chi connectivity index (χ0n) is 8.26. The zero-order chi connectivity index (χ0) is 9.90.